The average molecular weight is 461 g/mol. The number of hydrogen-bond donors (Lipinski definition) is 1. The summed E-state index contributed by atoms with van der Waals surface area (Å²) in [5.74, 6) is 1.78. The van der Waals surface area contributed by atoms with Gasteiger partial charge in [0.05, 0.1) is 22.5 Å². The second-order valence-corrected chi connectivity index (χ2v) is 8.78. The molecule has 2 aromatic carbocycles. The number of benzene rings is 2. The predicted octanol–water partition coefficient (Wildman–Crippen LogP) is 5.23. The maximum Gasteiger partial charge on any atom is 0.226 e. The minimum Gasteiger partial charge on any atom is -0.490 e. The molecule has 0 saturated carbocycles. The van der Waals surface area contributed by atoms with E-state index >= 15 is 0 Å². The van der Waals surface area contributed by atoms with E-state index in [0.29, 0.717) is 37.0 Å². The highest BCUT2D eigenvalue weighted by Gasteiger charge is 2.33. The molecule has 3 heterocycles. The van der Waals surface area contributed by atoms with Gasteiger partial charge in [-0.25, -0.2) is 4.98 Å². The highest BCUT2D eigenvalue weighted by atomic mass is 32.1. The molecule has 33 heavy (non-hydrogen) atoms. The highest BCUT2D eigenvalue weighted by Crippen LogP contribution is 2.43. The lowest BCUT2D eigenvalue weighted by molar-refractivity contribution is -0.116. The summed E-state index contributed by atoms with van der Waals surface area (Å²) in [5.41, 5.74) is 3.75. The first-order chi connectivity index (χ1) is 16.1. The van der Waals surface area contributed by atoms with E-state index in [2.05, 4.69) is 11.9 Å². The molecule has 168 valence electrons. The van der Waals surface area contributed by atoms with E-state index in [0.717, 1.165) is 32.2 Å². The number of aryl methyl sites for hydroxylation is 1. The number of ether oxygens (including phenoxy) is 2. The number of rotatable bonds is 7. The van der Waals surface area contributed by atoms with Crippen molar-refractivity contribution in [3.63, 3.8) is 0 Å². The lowest BCUT2D eigenvalue weighted by Crippen LogP contribution is -2.25. The number of thiazole rings is 1. The molecule has 0 radical (unpaired) electrons. The molecule has 1 N–H and O–H groups in total. The van der Waals surface area contributed by atoms with Crippen LogP contribution in [0.5, 0.6) is 11.5 Å². The molecule has 5 rings (SSSR count). The summed E-state index contributed by atoms with van der Waals surface area (Å²) in [4.78, 5) is 17.5. The summed E-state index contributed by atoms with van der Waals surface area (Å²) in [6, 6.07) is 13.8. The van der Waals surface area contributed by atoms with Gasteiger partial charge in [0.15, 0.2) is 11.5 Å². The summed E-state index contributed by atoms with van der Waals surface area (Å²) >= 11 is 1.55. The van der Waals surface area contributed by atoms with Gasteiger partial charge in [-0.05, 0) is 43.7 Å². The third kappa shape index (κ3) is 3.87. The van der Waals surface area contributed by atoms with Crippen molar-refractivity contribution in [2.24, 2.45) is 0 Å². The molecule has 7 nitrogen and oxygen atoms in total. The van der Waals surface area contributed by atoms with Crippen LogP contribution in [0, 0.1) is 6.92 Å². The molecule has 0 spiro atoms. The van der Waals surface area contributed by atoms with Crippen molar-refractivity contribution in [1.82, 2.24) is 14.8 Å². The van der Waals surface area contributed by atoms with E-state index in [4.69, 9.17) is 19.6 Å². The third-order valence-corrected chi connectivity index (χ3v) is 6.60. The van der Waals surface area contributed by atoms with Crippen molar-refractivity contribution in [3.05, 3.63) is 71.9 Å². The van der Waals surface area contributed by atoms with Crippen molar-refractivity contribution in [2.75, 3.05) is 18.5 Å². The van der Waals surface area contributed by atoms with Gasteiger partial charge in [0, 0.05) is 17.9 Å². The number of nitrogens with one attached hydrogen (secondary N) is 1. The van der Waals surface area contributed by atoms with Crippen molar-refractivity contribution in [2.45, 2.75) is 26.2 Å². The Kier molecular flexibility index (Phi) is 5.60. The van der Waals surface area contributed by atoms with Crippen molar-refractivity contribution in [1.29, 1.82) is 0 Å². The molecular weight excluding hydrogens is 436 g/mol. The molecule has 0 saturated heterocycles. The Balaban J connectivity index is 1.59. The van der Waals surface area contributed by atoms with E-state index in [-0.39, 0.29) is 11.8 Å². The van der Waals surface area contributed by atoms with Crippen LogP contribution in [0.4, 0.5) is 5.82 Å². The zero-order valence-electron chi connectivity index (χ0n) is 18.5. The molecule has 2 aromatic heterocycles. The minimum atomic E-state index is -0.149. The number of anilines is 1. The zero-order chi connectivity index (χ0) is 22.9. The first-order valence-electron chi connectivity index (χ1n) is 10.8. The summed E-state index contributed by atoms with van der Waals surface area (Å²) in [6.45, 7) is 8.51. The third-order valence-electron chi connectivity index (χ3n) is 5.59. The summed E-state index contributed by atoms with van der Waals surface area (Å²) in [6.07, 6.45) is 2.03. The Labute approximate surface area is 195 Å². The minimum absolute atomic E-state index is 0.0558. The molecule has 0 unspecified atom stereocenters. The number of carbonyl (C=O) groups excluding carboxylic acids is 1. The number of hydrogen-bond acceptors (Lipinski definition) is 6. The second-order valence-electron chi connectivity index (χ2n) is 7.77. The number of fused-ring (bicyclic) bond motifs is 2. The summed E-state index contributed by atoms with van der Waals surface area (Å²) in [7, 11) is 0. The van der Waals surface area contributed by atoms with Crippen LogP contribution in [0.25, 0.3) is 15.3 Å². The average Bonchev–Trinajstić information content (AvgIpc) is 3.39. The van der Waals surface area contributed by atoms with E-state index < -0.39 is 0 Å². The second kappa shape index (κ2) is 8.71. The van der Waals surface area contributed by atoms with Gasteiger partial charge in [-0.2, -0.15) is 9.78 Å². The molecule has 1 aliphatic rings. The van der Waals surface area contributed by atoms with Crippen LogP contribution < -0.4 is 14.8 Å². The van der Waals surface area contributed by atoms with Crippen LogP contribution in [0.2, 0.25) is 0 Å². The van der Waals surface area contributed by atoms with Gasteiger partial charge in [0.2, 0.25) is 11.0 Å². The molecule has 1 amide bonds. The topological polar surface area (TPSA) is 78.3 Å². The van der Waals surface area contributed by atoms with Crippen molar-refractivity contribution >= 4 is 33.3 Å². The first kappa shape index (κ1) is 21.2. The quantitative estimate of drug-likeness (QED) is 0.382. The lowest BCUT2D eigenvalue weighted by atomic mass is 9.85. The Morgan fingerprint density at radius 2 is 2.09 bits per heavy atom. The monoisotopic (exact) mass is 460 g/mol. The van der Waals surface area contributed by atoms with Crippen molar-refractivity contribution < 1.29 is 14.3 Å². The summed E-state index contributed by atoms with van der Waals surface area (Å²) < 4.78 is 14.4. The number of carbonyl (C=O) groups is 1. The molecule has 0 aliphatic carbocycles. The fourth-order valence-corrected chi connectivity index (χ4v) is 5.12. The smallest absolute Gasteiger partial charge is 0.226 e. The Bertz CT molecular complexity index is 1320. The lowest BCUT2D eigenvalue weighted by Gasteiger charge is -2.25. The van der Waals surface area contributed by atoms with E-state index in [1.807, 2.05) is 56.3 Å². The number of aromatic nitrogens is 3. The van der Waals surface area contributed by atoms with Gasteiger partial charge in [0.25, 0.3) is 0 Å². The Morgan fingerprint density at radius 3 is 2.88 bits per heavy atom. The van der Waals surface area contributed by atoms with Crippen LogP contribution in [-0.4, -0.2) is 33.9 Å². The fraction of sp³-hybridized carbons (Fsp3) is 0.240. The molecule has 0 bridgehead atoms. The standard InChI is InChI=1S/C25H24N4O3S/c1-4-12-32-19-11-10-16(13-20(19)31-5-2)17-14-22(30)27-24-23(17)15(3)28-29(24)25-26-18-8-6-7-9-21(18)33-25/h4,6-11,13,17H,1,5,12,14H2,2-3H3,(H,27,30)/t17-/m1/s1. The molecule has 1 aliphatic heterocycles. The Morgan fingerprint density at radius 1 is 1.24 bits per heavy atom. The normalized spacial score (nSPS) is 15.2. The molecule has 1 atom stereocenters. The zero-order valence-corrected chi connectivity index (χ0v) is 19.3. The van der Waals surface area contributed by atoms with Gasteiger partial charge in [-0.1, -0.05) is 42.2 Å². The van der Waals surface area contributed by atoms with Gasteiger partial charge in [0.1, 0.15) is 12.4 Å². The molecular formula is C25H24N4O3S. The fourth-order valence-electron chi connectivity index (χ4n) is 4.20. The van der Waals surface area contributed by atoms with Crippen LogP contribution in [-0.2, 0) is 4.79 Å². The van der Waals surface area contributed by atoms with Gasteiger partial charge in [-0.15, -0.1) is 0 Å². The number of amides is 1. The number of nitrogens with zero attached hydrogens (tertiary/aromatic N) is 3. The SMILES string of the molecule is C=CCOc1ccc([C@H]2CC(=O)Nc3c2c(C)nn3-c2nc3ccccc3s2)cc1OCC. The highest BCUT2D eigenvalue weighted by molar-refractivity contribution is 7.20. The van der Waals surface area contributed by atoms with Crippen LogP contribution in [0.1, 0.15) is 36.1 Å². The van der Waals surface area contributed by atoms with Gasteiger partial charge >= 0.3 is 0 Å². The molecule has 4 aromatic rings. The van der Waals surface area contributed by atoms with Crippen LogP contribution >= 0.6 is 11.3 Å². The maximum atomic E-state index is 12.8. The summed E-state index contributed by atoms with van der Waals surface area (Å²) in [5, 5.41) is 8.53. The molecule has 0 fully saturated rings. The largest absolute Gasteiger partial charge is 0.490 e. The first-order valence-corrected chi connectivity index (χ1v) is 11.7. The van der Waals surface area contributed by atoms with E-state index in [1.165, 1.54) is 0 Å². The number of para-hydroxylation sites is 1. The van der Waals surface area contributed by atoms with E-state index in [1.54, 1.807) is 22.1 Å². The molecule has 8 heteroatoms. The predicted molar refractivity (Wildman–Crippen MR) is 130 cm³/mol. The van der Waals surface area contributed by atoms with E-state index in [9.17, 15) is 4.79 Å². The van der Waals surface area contributed by atoms with Gasteiger partial charge in [-0.3, -0.25) is 4.79 Å². The van der Waals surface area contributed by atoms with Crippen LogP contribution in [0.3, 0.4) is 0 Å². The maximum absolute atomic E-state index is 12.8. The van der Waals surface area contributed by atoms with Crippen LogP contribution in [0.15, 0.2) is 55.1 Å². The van der Waals surface area contributed by atoms with Gasteiger partial charge < -0.3 is 14.8 Å². The van der Waals surface area contributed by atoms with Crippen molar-refractivity contribution in [3.8, 4) is 16.6 Å². The Hall–Kier alpha value is -3.65.